The maximum absolute atomic E-state index is 12.4. The Morgan fingerprint density at radius 1 is 1.24 bits per heavy atom. The van der Waals surface area contributed by atoms with Crippen LogP contribution in [0.1, 0.15) is 21.7 Å². The van der Waals surface area contributed by atoms with Gasteiger partial charge in [0.2, 0.25) is 12.7 Å². The van der Waals surface area contributed by atoms with Crippen molar-refractivity contribution in [3.63, 3.8) is 0 Å². The Balaban J connectivity index is 1.62. The van der Waals surface area contributed by atoms with Crippen LogP contribution in [-0.4, -0.2) is 42.9 Å². The molecular formula is C17H20N4O4. The normalized spacial score (nSPS) is 12.1. The van der Waals surface area contributed by atoms with Crippen molar-refractivity contribution in [1.29, 1.82) is 0 Å². The fourth-order valence-electron chi connectivity index (χ4n) is 2.35. The molecular weight excluding hydrogens is 324 g/mol. The van der Waals surface area contributed by atoms with E-state index in [9.17, 15) is 4.79 Å². The molecule has 0 radical (unpaired) electrons. The zero-order chi connectivity index (χ0) is 17.6. The number of fused-ring (bicyclic) bond motifs is 1. The number of anilines is 1. The lowest BCUT2D eigenvalue weighted by Crippen LogP contribution is -2.24. The van der Waals surface area contributed by atoms with Crippen molar-refractivity contribution in [2.45, 2.75) is 13.5 Å². The summed E-state index contributed by atoms with van der Waals surface area (Å²) in [6.45, 7) is 3.51. The Kier molecular flexibility index (Phi) is 5.30. The molecule has 25 heavy (non-hydrogen) atoms. The number of hydrogen-bond donors (Lipinski definition) is 2. The standard InChI is InChI=1S/C17H20N4O4/c1-11-7-13(21-17(20-11)18-5-6-23-2)16(22)19-9-12-3-4-14-15(8-12)25-10-24-14/h3-4,7-8H,5-6,9-10H2,1-2H3,(H,19,22)(H,18,20,21). The van der Waals surface area contributed by atoms with E-state index in [0.29, 0.717) is 48.5 Å². The van der Waals surface area contributed by atoms with Gasteiger partial charge in [0.05, 0.1) is 6.61 Å². The van der Waals surface area contributed by atoms with Crippen LogP contribution in [0.5, 0.6) is 11.5 Å². The largest absolute Gasteiger partial charge is 0.454 e. The molecule has 132 valence electrons. The van der Waals surface area contributed by atoms with E-state index in [1.807, 2.05) is 25.1 Å². The average Bonchev–Trinajstić information content (AvgIpc) is 3.07. The highest BCUT2D eigenvalue weighted by atomic mass is 16.7. The number of benzene rings is 1. The first kappa shape index (κ1) is 17.0. The lowest BCUT2D eigenvalue weighted by atomic mass is 10.2. The number of carbonyl (C=O) groups is 1. The summed E-state index contributed by atoms with van der Waals surface area (Å²) in [4.78, 5) is 20.9. The second kappa shape index (κ2) is 7.80. The van der Waals surface area contributed by atoms with Gasteiger partial charge in [-0.2, -0.15) is 0 Å². The van der Waals surface area contributed by atoms with Crippen molar-refractivity contribution in [2.24, 2.45) is 0 Å². The van der Waals surface area contributed by atoms with Crippen LogP contribution in [0.25, 0.3) is 0 Å². The molecule has 8 heteroatoms. The maximum atomic E-state index is 12.4. The van der Waals surface area contributed by atoms with Gasteiger partial charge >= 0.3 is 0 Å². The van der Waals surface area contributed by atoms with E-state index in [4.69, 9.17) is 14.2 Å². The van der Waals surface area contributed by atoms with Crippen LogP contribution < -0.4 is 20.1 Å². The first-order valence-electron chi connectivity index (χ1n) is 7.91. The summed E-state index contributed by atoms with van der Waals surface area (Å²) in [5, 5.41) is 5.88. The SMILES string of the molecule is COCCNc1nc(C)cc(C(=O)NCc2ccc3c(c2)OCO3)n1. The number of aryl methyl sites for hydroxylation is 1. The number of nitrogens with zero attached hydrogens (tertiary/aromatic N) is 2. The summed E-state index contributed by atoms with van der Waals surface area (Å²) >= 11 is 0. The molecule has 0 spiro atoms. The molecule has 2 aromatic rings. The first-order chi connectivity index (χ1) is 12.2. The highest BCUT2D eigenvalue weighted by molar-refractivity contribution is 5.92. The van der Waals surface area contributed by atoms with Gasteiger partial charge in [-0.25, -0.2) is 9.97 Å². The van der Waals surface area contributed by atoms with Crippen molar-refractivity contribution in [3.05, 3.63) is 41.2 Å². The number of methoxy groups -OCH3 is 1. The van der Waals surface area contributed by atoms with Crippen molar-refractivity contribution in [1.82, 2.24) is 15.3 Å². The number of ether oxygens (including phenoxy) is 3. The molecule has 0 unspecified atom stereocenters. The Bertz CT molecular complexity index is 766. The second-order valence-corrected chi connectivity index (χ2v) is 5.51. The second-order valence-electron chi connectivity index (χ2n) is 5.51. The Morgan fingerprint density at radius 3 is 2.92 bits per heavy atom. The highest BCUT2D eigenvalue weighted by Crippen LogP contribution is 2.32. The van der Waals surface area contributed by atoms with E-state index in [2.05, 4.69) is 20.6 Å². The smallest absolute Gasteiger partial charge is 0.270 e. The van der Waals surface area contributed by atoms with E-state index < -0.39 is 0 Å². The quantitative estimate of drug-likeness (QED) is 0.735. The van der Waals surface area contributed by atoms with Gasteiger partial charge < -0.3 is 24.8 Å². The van der Waals surface area contributed by atoms with Gasteiger partial charge in [-0.15, -0.1) is 0 Å². The minimum atomic E-state index is -0.266. The van der Waals surface area contributed by atoms with Gasteiger partial charge in [0.15, 0.2) is 11.5 Å². The maximum Gasteiger partial charge on any atom is 0.270 e. The molecule has 2 N–H and O–H groups in total. The summed E-state index contributed by atoms with van der Waals surface area (Å²) in [6.07, 6.45) is 0. The van der Waals surface area contributed by atoms with Crippen LogP contribution in [0.4, 0.5) is 5.95 Å². The molecule has 0 saturated carbocycles. The third-order valence-corrected chi connectivity index (χ3v) is 3.57. The number of rotatable bonds is 7. The van der Waals surface area contributed by atoms with Crippen molar-refractivity contribution in [3.8, 4) is 11.5 Å². The van der Waals surface area contributed by atoms with Gasteiger partial charge in [-0.3, -0.25) is 4.79 Å². The molecule has 0 atom stereocenters. The summed E-state index contributed by atoms with van der Waals surface area (Å²) in [5.41, 5.74) is 1.94. The van der Waals surface area contributed by atoms with E-state index in [0.717, 1.165) is 5.56 Å². The minimum absolute atomic E-state index is 0.226. The predicted octanol–water partition coefficient (Wildman–Crippen LogP) is 1.50. The Labute approximate surface area is 145 Å². The molecule has 1 amide bonds. The Hall–Kier alpha value is -2.87. The molecule has 8 nitrogen and oxygen atoms in total. The third kappa shape index (κ3) is 4.36. The summed E-state index contributed by atoms with van der Waals surface area (Å²) in [5.74, 6) is 1.55. The zero-order valence-electron chi connectivity index (χ0n) is 14.2. The molecule has 3 rings (SSSR count). The number of nitrogens with one attached hydrogen (secondary N) is 2. The van der Waals surface area contributed by atoms with Crippen molar-refractivity contribution < 1.29 is 19.0 Å². The summed E-state index contributed by atoms with van der Waals surface area (Å²) < 4.78 is 15.6. The minimum Gasteiger partial charge on any atom is -0.454 e. The van der Waals surface area contributed by atoms with Gasteiger partial charge in [0, 0.05) is 25.9 Å². The topological polar surface area (TPSA) is 94.6 Å². The van der Waals surface area contributed by atoms with Crippen LogP contribution in [0.3, 0.4) is 0 Å². The molecule has 1 aromatic carbocycles. The molecule has 1 aliphatic rings. The van der Waals surface area contributed by atoms with Gasteiger partial charge in [-0.1, -0.05) is 6.07 Å². The Morgan fingerprint density at radius 2 is 2.08 bits per heavy atom. The van der Waals surface area contributed by atoms with Crippen LogP contribution in [-0.2, 0) is 11.3 Å². The number of aromatic nitrogens is 2. The lowest BCUT2D eigenvalue weighted by Gasteiger charge is -2.09. The van der Waals surface area contributed by atoms with E-state index >= 15 is 0 Å². The molecule has 2 heterocycles. The fourth-order valence-corrected chi connectivity index (χ4v) is 2.35. The third-order valence-electron chi connectivity index (χ3n) is 3.57. The van der Waals surface area contributed by atoms with Gasteiger partial charge in [0.25, 0.3) is 5.91 Å². The zero-order valence-corrected chi connectivity index (χ0v) is 14.2. The van der Waals surface area contributed by atoms with Crippen LogP contribution >= 0.6 is 0 Å². The van der Waals surface area contributed by atoms with Crippen LogP contribution in [0.15, 0.2) is 24.3 Å². The van der Waals surface area contributed by atoms with E-state index in [-0.39, 0.29) is 12.7 Å². The number of carbonyl (C=O) groups excluding carboxylic acids is 1. The van der Waals surface area contributed by atoms with Crippen LogP contribution in [0.2, 0.25) is 0 Å². The monoisotopic (exact) mass is 344 g/mol. The summed E-state index contributed by atoms with van der Waals surface area (Å²) in [6, 6.07) is 7.22. The number of amides is 1. The summed E-state index contributed by atoms with van der Waals surface area (Å²) in [7, 11) is 1.62. The van der Waals surface area contributed by atoms with E-state index in [1.165, 1.54) is 0 Å². The molecule has 1 aromatic heterocycles. The highest BCUT2D eigenvalue weighted by Gasteiger charge is 2.14. The number of hydrogen-bond acceptors (Lipinski definition) is 7. The molecule has 0 fully saturated rings. The molecule has 1 aliphatic heterocycles. The van der Waals surface area contributed by atoms with Crippen LogP contribution in [0, 0.1) is 6.92 Å². The molecule has 0 aliphatic carbocycles. The fraction of sp³-hybridized carbons (Fsp3) is 0.353. The van der Waals surface area contributed by atoms with E-state index in [1.54, 1.807) is 13.2 Å². The lowest BCUT2D eigenvalue weighted by molar-refractivity contribution is 0.0945. The average molecular weight is 344 g/mol. The molecule has 0 bridgehead atoms. The molecule has 0 saturated heterocycles. The van der Waals surface area contributed by atoms with Gasteiger partial charge in [-0.05, 0) is 30.7 Å². The van der Waals surface area contributed by atoms with Crippen molar-refractivity contribution >= 4 is 11.9 Å². The van der Waals surface area contributed by atoms with Gasteiger partial charge in [0.1, 0.15) is 5.69 Å². The van der Waals surface area contributed by atoms with Crippen molar-refractivity contribution in [2.75, 3.05) is 32.4 Å². The first-order valence-corrected chi connectivity index (χ1v) is 7.91. The predicted molar refractivity (Wildman–Crippen MR) is 90.9 cm³/mol.